The van der Waals surface area contributed by atoms with Crippen LogP contribution in [0.5, 0.6) is 0 Å². The second kappa shape index (κ2) is 7.26. The van der Waals surface area contributed by atoms with Crippen LogP contribution >= 0.6 is 31.9 Å². The molecule has 2 heterocycles. The summed E-state index contributed by atoms with van der Waals surface area (Å²) in [4.78, 5) is 20.1. The molecule has 0 unspecified atom stereocenters. The van der Waals surface area contributed by atoms with E-state index in [1.165, 1.54) is 12.2 Å². The molecule has 0 spiro atoms. The molecular weight excluding hydrogens is 384 g/mol. The van der Waals surface area contributed by atoms with Crippen molar-refractivity contribution in [3.8, 4) is 0 Å². The number of hydrogen-bond acceptors (Lipinski definition) is 3. The van der Waals surface area contributed by atoms with Gasteiger partial charge in [-0.25, -0.2) is 0 Å². The molecule has 0 amide bonds. The van der Waals surface area contributed by atoms with Gasteiger partial charge >= 0.3 is 0 Å². The van der Waals surface area contributed by atoms with E-state index in [4.69, 9.17) is 0 Å². The van der Waals surface area contributed by atoms with Crippen LogP contribution in [0.4, 0.5) is 0 Å². The van der Waals surface area contributed by atoms with Gasteiger partial charge in [0.2, 0.25) is 0 Å². The Bertz CT molecular complexity index is 624. The summed E-state index contributed by atoms with van der Waals surface area (Å²) in [6.07, 6.45) is 9.64. The number of ketones is 1. The first-order valence-electron chi connectivity index (χ1n) is 5.78. The Morgan fingerprint density at radius 3 is 1.75 bits per heavy atom. The Balaban J connectivity index is 2.07. The van der Waals surface area contributed by atoms with Gasteiger partial charge in [0.05, 0.1) is 11.4 Å². The first kappa shape index (κ1) is 14.8. The van der Waals surface area contributed by atoms with Crippen LogP contribution in [0.3, 0.4) is 0 Å². The topological polar surface area (TPSA) is 42.9 Å². The van der Waals surface area contributed by atoms with Crippen LogP contribution in [0.25, 0.3) is 12.2 Å². The molecule has 2 aromatic rings. The third kappa shape index (κ3) is 4.21. The lowest BCUT2D eigenvalue weighted by molar-refractivity contribution is -0.110. The van der Waals surface area contributed by atoms with Gasteiger partial charge in [0.1, 0.15) is 0 Å². The molecule has 0 atom stereocenters. The average Bonchev–Trinajstić information content (AvgIpc) is 2.45. The summed E-state index contributed by atoms with van der Waals surface area (Å²) in [6.45, 7) is 0. The smallest absolute Gasteiger partial charge is 0.178 e. The number of pyridine rings is 2. The van der Waals surface area contributed by atoms with Gasteiger partial charge in [0.15, 0.2) is 5.78 Å². The summed E-state index contributed by atoms with van der Waals surface area (Å²) in [5.74, 6) is -0.125. The van der Waals surface area contributed by atoms with Crippen molar-refractivity contribution in [2.24, 2.45) is 0 Å². The second-order valence-electron chi connectivity index (χ2n) is 3.81. The highest BCUT2D eigenvalue weighted by Gasteiger charge is 1.98. The molecule has 0 fully saturated rings. The largest absolute Gasteiger partial charge is 0.290 e. The molecule has 0 saturated heterocycles. The molecule has 0 bridgehead atoms. The summed E-state index contributed by atoms with van der Waals surface area (Å²) in [5.41, 5.74) is 1.43. The number of rotatable bonds is 4. The van der Waals surface area contributed by atoms with Gasteiger partial charge in [-0.15, -0.1) is 0 Å². The number of halogens is 2. The molecular formula is C15H10Br2N2O. The number of carbonyl (C=O) groups is 1. The summed E-state index contributed by atoms with van der Waals surface area (Å²) in [7, 11) is 0. The number of hydrogen-bond donors (Lipinski definition) is 0. The molecule has 3 nitrogen and oxygen atoms in total. The minimum absolute atomic E-state index is 0.125. The van der Waals surface area contributed by atoms with Crippen molar-refractivity contribution < 1.29 is 4.79 Å². The van der Waals surface area contributed by atoms with Crippen LogP contribution in [-0.2, 0) is 4.79 Å². The van der Waals surface area contributed by atoms with E-state index in [2.05, 4.69) is 41.8 Å². The fourth-order valence-corrected chi connectivity index (χ4v) is 2.19. The van der Waals surface area contributed by atoms with E-state index in [0.717, 1.165) is 8.95 Å². The normalized spacial score (nSPS) is 11.3. The van der Waals surface area contributed by atoms with Crippen LogP contribution in [0.15, 0.2) is 57.8 Å². The minimum Gasteiger partial charge on any atom is -0.290 e. The Labute approximate surface area is 133 Å². The summed E-state index contributed by atoms with van der Waals surface area (Å²) in [6, 6.07) is 7.39. The van der Waals surface area contributed by atoms with Crippen LogP contribution < -0.4 is 0 Å². The van der Waals surface area contributed by atoms with Crippen LogP contribution in [-0.4, -0.2) is 15.8 Å². The van der Waals surface area contributed by atoms with Gasteiger partial charge in [0, 0.05) is 21.3 Å². The quantitative estimate of drug-likeness (QED) is 0.727. The van der Waals surface area contributed by atoms with Gasteiger partial charge < -0.3 is 0 Å². The van der Waals surface area contributed by atoms with E-state index in [0.29, 0.717) is 11.4 Å². The molecule has 100 valence electrons. The fraction of sp³-hybridized carbons (Fsp3) is 0. The van der Waals surface area contributed by atoms with Crippen molar-refractivity contribution >= 4 is 49.8 Å². The molecule has 0 aromatic carbocycles. The van der Waals surface area contributed by atoms with Crippen molar-refractivity contribution in [1.82, 2.24) is 9.97 Å². The van der Waals surface area contributed by atoms with Crippen molar-refractivity contribution in [2.45, 2.75) is 0 Å². The van der Waals surface area contributed by atoms with E-state index >= 15 is 0 Å². The zero-order valence-electron chi connectivity index (χ0n) is 10.3. The SMILES string of the molecule is O=C(/C=C/c1ncccc1Br)/C=C/c1ncccc1Br. The van der Waals surface area contributed by atoms with Gasteiger partial charge in [-0.3, -0.25) is 14.8 Å². The van der Waals surface area contributed by atoms with Crippen LogP contribution in [0.2, 0.25) is 0 Å². The van der Waals surface area contributed by atoms with Gasteiger partial charge in [0.25, 0.3) is 0 Å². The third-order valence-corrected chi connectivity index (χ3v) is 3.73. The minimum atomic E-state index is -0.125. The van der Waals surface area contributed by atoms with Crippen molar-refractivity contribution in [3.05, 3.63) is 69.1 Å². The molecule has 2 rings (SSSR count). The fourth-order valence-electron chi connectivity index (χ4n) is 1.42. The maximum atomic E-state index is 11.8. The maximum Gasteiger partial charge on any atom is 0.178 e. The lowest BCUT2D eigenvalue weighted by Crippen LogP contribution is -1.88. The van der Waals surface area contributed by atoms with Gasteiger partial charge in [-0.05, 0) is 80.4 Å². The van der Waals surface area contributed by atoms with Gasteiger partial charge in [-0.1, -0.05) is 0 Å². The lowest BCUT2D eigenvalue weighted by Gasteiger charge is -1.95. The van der Waals surface area contributed by atoms with Crippen LogP contribution in [0.1, 0.15) is 11.4 Å². The molecule has 0 aliphatic carbocycles. The lowest BCUT2D eigenvalue weighted by atomic mass is 10.2. The zero-order valence-corrected chi connectivity index (χ0v) is 13.5. The Morgan fingerprint density at radius 2 is 1.35 bits per heavy atom. The highest BCUT2D eigenvalue weighted by atomic mass is 79.9. The van der Waals surface area contributed by atoms with Crippen molar-refractivity contribution in [3.63, 3.8) is 0 Å². The highest BCUT2D eigenvalue weighted by molar-refractivity contribution is 9.10. The number of nitrogens with zero attached hydrogens (tertiary/aromatic N) is 2. The van der Waals surface area contributed by atoms with Crippen molar-refractivity contribution in [2.75, 3.05) is 0 Å². The summed E-state index contributed by atoms with van der Waals surface area (Å²) >= 11 is 6.74. The van der Waals surface area contributed by atoms with E-state index in [1.807, 2.05) is 24.3 Å². The first-order chi connectivity index (χ1) is 9.66. The number of carbonyl (C=O) groups excluding carboxylic acids is 1. The molecule has 0 aliphatic heterocycles. The Morgan fingerprint density at radius 1 is 0.900 bits per heavy atom. The van der Waals surface area contributed by atoms with E-state index in [9.17, 15) is 4.79 Å². The molecule has 2 aromatic heterocycles. The van der Waals surface area contributed by atoms with Crippen LogP contribution in [0, 0.1) is 0 Å². The van der Waals surface area contributed by atoms with Gasteiger partial charge in [-0.2, -0.15) is 0 Å². The summed E-state index contributed by atoms with van der Waals surface area (Å²) < 4.78 is 1.70. The molecule has 5 heteroatoms. The average molecular weight is 394 g/mol. The summed E-state index contributed by atoms with van der Waals surface area (Å²) in [5, 5.41) is 0. The zero-order chi connectivity index (χ0) is 14.4. The third-order valence-electron chi connectivity index (χ3n) is 2.38. The second-order valence-corrected chi connectivity index (χ2v) is 5.52. The van der Waals surface area contributed by atoms with E-state index < -0.39 is 0 Å². The first-order valence-corrected chi connectivity index (χ1v) is 7.36. The Kier molecular flexibility index (Phi) is 5.38. The molecule has 0 N–H and O–H groups in total. The molecule has 20 heavy (non-hydrogen) atoms. The van der Waals surface area contributed by atoms with E-state index in [-0.39, 0.29) is 5.78 Å². The molecule has 0 radical (unpaired) electrons. The number of allylic oxidation sites excluding steroid dienone is 2. The molecule has 0 aliphatic rings. The predicted octanol–water partition coefficient (Wildman–Crippen LogP) is 4.30. The van der Waals surface area contributed by atoms with E-state index in [1.54, 1.807) is 24.5 Å². The van der Waals surface area contributed by atoms with Crippen molar-refractivity contribution in [1.29, 1.82) is 0 Å². The number of aromatic nitrogens is 2. The monoisotopic (exact) mass is 392 g/mol. The standard InChI is InChI=1S/C15H10Br2N2O/c16-12-3-1-9-18-14(12)7-5-11(20)6-8-15-13(17)4-2-10-19-15/h1-10H/b7-5+,8-6+. The predicted molar refractivity (Wildman–Crippen MR) is 86.9 cm³/mol. The Hall–Kier alpha value is -1.59. The highest BCUT2D eigenvalue weighted by Crippen LogP contribution is 2.15. The maximum absolute atomic E-state index is 11.8. The molecule has 0 saturated carbocycles.